The second kappa shape index (κ2) is 10.0. The molecule has 0 bridgehead atoms. The van der Waals surface area contributed by atoms with E-state index in [2.05, 4.69) is 138 Å². The standard InChI is InChI=1S/C19H13.C14H11.2CH3.2ClH.H2Si.Zr/c1-2-6-14(7-3-1)17-12-16-11-10-15-8-4-5-9-18(15)19(16)13-17;1-10-8-12-7-6-11-4-2-3-5-13(11)14(12)9-10;;;;;;/h1-13H;2-9H,1H3;2*1H3;2*1H;1H2;. The first-order valence-corrected chi connectivity index (χ1v) is 27.1. The Labute approximate surface area is 246 Å². The molecule has 0 fully saturated rings. The molecule has 0 spiro atoms. The van der Waals surface area contributed by atoms with Crippen LogP contribution >= 0.6 is 24.8 Å². The van der Waals surface area contributed by atoms with Crippen LogP contribution in [0.4, 0.5) is 0 Å². The molecule has 0 saturated heterocycles. The van der Waals surface area contributed by atoms with E-state index in [0.29, 0.717) is 7.25 Å². The fourth-order valence-electron chi connectivity index (χ4n) is 7.74. The molecule has 2 atom stereocenters. The van der Waals surface area contributed by atoms with Gasteiger partial charge in [0.25, 0.3) is 0 Å². The van der Waals surface area contributed by atoms with Crippen LogP contribution in [0.15, 0.2) is 109 Å². The summed E-state index contributed by atoms with van der Waals surface area (Å²) in [6.07, 6.45) is 5.01. The van der Waals surface area contributed by atoms with E-state index in [0.717, 1.165) is 0 Å². The van der Waals surface area contributed by atoms with E-state index in [1.807, 2.05) is 0 Å². The van der Waals surface area contributed by atoms with Crippen molar-refractivity contribution in [3.63, 3.8) is 0 Å². The van der Waals surface area contributed by atoms with E-state index in [1.54, 1.807) is 16.7 Å². The molecule has 39 heavy (non-hydrogen) atoms. The van der Waals surface area contributed by atoms with Gasteiger partial charge in [0.1, 0.15) is 0 Å². The Morgan fingerprint density at radius 1 is 0.564 bits per heavy atom. The number of fused-ring (bicyclic) bond motifs is 6. The SMILES string of the molecule is CC1=Cc2ccc3ccccc3c2[CH]1[Zr]([CH3])([CH3])(=[SiH2])[CH]1C(c2ccccc2)=Cc2ccc3ccccc3c21.Cl.Cl. The maximum absolute atomic E-state index is 3.71. The van der Waals surface area contributed by atoms with E-state index in [1.165, 1.54) is 43.8 Å². The Bertz CT molecular complexity index is 1880. The number of rotatable bonds is 3. The number of halogens is 2. The van der Waals surface area contributed by atoms with Gasteiger partial charge in [-0.15, -0.1) is 24.8 Å². The molecule has 2 aliphatic rings. The molecule has 0 aliphatic heterocycles. The molecule has 2 unspecified atom stereocenters. The average molecular weight is 645 g/mol. The second-order valence-electron chi connectivity index (χ2n) is 12.2. The van der Waals surface area contributed by atoms with Crippen LogP contribution in [0, 0.1) is 0 Å². The molecule has 0 amide bonds. The van der Waals surface area contributed by atoms with Gasteiger partial charge in [0.15, 0.2) is 0 Å². The minimum absolute atomic E-state index is 0. The summed E-state index contributed by atoms with van der Waals surface area (Å²) in [5.41, 5.74) is 10.5. The minimum atomic E-state index is -3.71. The van der Waals surface area contributed by atoms with Crippen LogP contribution in [-0.2, 0) is 17.4 Å². The predicted octanol–water partition coefficient (Wildman–Crippen LogP) is 9.92. The molecule has 196 valence electrons. The number of hydrogen-bond donors (Lipinski definition) is 0. The third-order valence-corrected chi connectivity index (χ3v) is 26.5. The summed E-state index contributed by atoms with van der Waals surface area (Å²) < 4.78 is 6.44. The minimum Gasteiger partial charge on any atom is -0.147 e. The number of hydrogen-bond acceptors (Lipinski definition) is 0. The van der Waals surface area contributed by atoms with Gasteiger partial charge in [-0.05, 0) is 0 Å². The van der Waals surface area contributed by atoms with Crippen LogP contribution in [0.1, 0.15) is 42.0 Å². The summed E-state index contributed by atoms with van der Waals surface area (Å²) in [7, 11) is 0. The zero-order valence-corrected chi connectivity index (χ0v) is 28.2. The Kier molecular flexibility index (Phi) is 7.26. The van der Waals surface area contributed by atoms with Crippen molar-refractivity contribution in [1.29, 1.82) is 0 Å². The summed E-state index contributed by atoms with van der Waals surface area (Å²) in [6.45, 7) is 4.84. The monoisotopic (exact) mass is 642 g/mol. The van der Waals surface area contributed by atoms with Gasteiger partial charge in [0.2, 0.25) is 0 Å². The molecular weight excluding hydrogens is 611 g/mol. The summed E-state index contributed by atoms with van der Waals surface area (Å²) in [6, 6.07) is 38.6. The largest absolute Gasteiger partial charge is 0.147 e. The molecule has 4 heteroatoms. The van der Waals surface area contributed by atoms with Crippen LogP contribution in [0.5, 0.6) is 0 Å². The molecule has 2 aliphatic carbocycles. The van der Waals surface area contributed by atoms with Crippen LogP contribution in [-0.4, -0.2) is 6.88 Å². The molecule has 0 N–H and O–H groups in total. The number of benzene rings is 5. The summed E-state index contributed by atoms with van der Waals surface area (Å²) >= 11 is -3.71. The van der Waals surface area contributed by atoms with Gasteiger partial charge in [0.05, 0.1) is 0 Å². The maximum Gasteiger partial charge on any atom is -0.147 e. The second-order valence-corrected chi connectivity index (χ2v) is 42.7. The van der Waals surface area contributed by atoms with Crippen LogP contribution in [0.25, 0.3) is 39.3 Å². The summed E-state index contributed by atoms with van der Waals surface area (Å²) in [5.74, 6) is 0. The summed E-state index contributed by atoms with van der Waals surface area (Å²) in [5, 5.41) is 5.59. The van der Waals surface area contributed by atoms with Gasteiger partial charge in [-0.25, -0.2) is 0 Å². The topological polar surface area (TPSA) is 0 Å². The normalized spacial score (nSPS) is 18.1. The Morgan fingerprint density at radius 2 is 1.05 bits per heavy atom. The average Bonchev–Trinajstić information content (AvgIpc) is 3.48. The zero-order chi connectivity index (χ0) is 25.4. The van der Waals surface area contributed by atoms with E-state index in [4.69, 9.17) is 0 Å². The Hall–Kier alpha value is -2.22. The van der Waals surface area contributed by atoms with Crippen LogP contribution in [0.2, 0.25) is 9.26 Å². The van der Waals surface area contributed by atoms with Gasteiger partial charge >= 0.3 is 224 Å². The maximum atomic E-state index is 2.75. The van der Waals surface area contributed by atoms with Crippen molar-refractivity contribution in [1.82, 2.24) is 0 Å². The quantitative estimate of drug-likeness (QED) is 0.172. The predicted molar refractivity (Wildman–Crippen MR) is 176 cm³/mol. The van der Waals surface area contributed by atoms with Gasteiger partial charge in [-0.2, -0.15) is 0 Å². The molecule has 5 aromatic carbocycles. The zero-order valence-electron chi connectivity index (χ0n) is 22.6. The Morgan fingerprint density at radius 3 is 1.64 bits per heavy atom. The molecule has 7 rings (SSSR count). The van der Waals surface area contributed by atoms with Crippen LogP contribution in [0.3, 0.4) is 0 Å². The first-order valence-electron chi connectivity index (χ1n) is 13.4. The Balaban J connectivity index is 0.00000154. The fraction of sp³-hybridized carbons (Fsp3) is 0.143. The van der Waals surface area contributed by atoms with Gasteiger partial charge in [0, 0.05) is 0 Å². The van der Waals surface area contributed by atoms with Crippen molar-refractivity contribution in [2.45, 2.75) is 23.4 Å². The number of allylic oxidation sites excluding steroid dienone is 2. The molecule has 5 aromatic rings. The molecule has 0 aromatic heterocycles. The van der Waals surface area contributed by atoms with Crippen molar-refractivity contribution in [3.8, 4) is 0 Å². The van der Waals surface area contributed by atoms with Crippen molar-refractivity contribution >= 4 is 71.0 Å². The van der Waals surface area contributed by atoms with Crippen LogP contribution < -0.4 is 0 Å². The van der Waals surface area contributed by atoms with Crippen molar-refractivity contribution in [2.75, 3.05) is 0 Å². The van der Waals surface area contributed by atoms with E-state index < -0.39 is 17.4 Å². The molecule has 0 heterocycles. The smallest absolute Gasteiger partial charge is 0.147 e. The van der Waals surface area contributed by atoms with E-state index >= 15 is 0 Å². The van der Waals surface area contributed by atoms with Crippen molar-refractivity contribution in [3.05, 3.63) is 137 Å². The molecule has 0 radical (unpaired) electrons. The van der Waals surface area contributed by atoms with Gasteiger partial charge in [-0.1, -0.05) is 0 Å². The van der Waals surface area contributed by atoms with E-state index in [-0.39, 0.29) is 24.8 Å². The van der Waals surface area contributed by atoms with Crippen molar-refractivity contribution in [2.24, 2.45) is 0 Å². The van der Waals surface area contributed by atoms with Crippen molar-refractivity contribution < 1.29 is 17.4 Å². The van der Waals surface area contributed by atoms with Gasteiger partial charge < -0.3 is 0 Å². The fourth-order valence-corrected chi connectivity index (χ4v) is 27.4. The van der Waals surface area contributed by atoms with Gasteiger partial charge in [-0.3, -0.25) is 0 Å². The van der Waals surface area contributed by atoms with E-state index in [9.17, 15) is 0 Å². The third kappa shape index (κ3) is 4.27. The first kappa shape index (κ1) is 28.3. The summed E-state index contributed by atoms with van der Waals surface area (Å²) in [4.78, 5) is 0. The molecular formula is C35H34Cl2SiZr. The third-order valence-electron chi connectivity index (χ3n) is 9.05. The first-order chi connectivity index (χ1) is 17.8. The molecule has 0 saturated carbocycles. The molecule has 0 nitrogen and oxygen atoms in total.